The highest BCUT2D eigenvalue weighted by Crippen LogP contribution is 2.19. The van der Waals surface area contributed by atoms with Gasteiger partial charge in [0.25, 0.3) is 5.69 Å². The van der Waals surface area contributed by atoms with Gasteiger partial charge in [-0.1, -0.05) is 37.3 Å². The number of hydrogen-bond acceptors (Lipinski definition) is 4. The maximum atomic E-state index is 11.0. The van der Waals surface area contributed by atoms with Crippen LogP contribution in [0.5, 0.6) is 0 Å². The second-order valence-electron chi connectivity index (χ2n) is 3.50. The molecule has 0 atom stereocenters. The normalized spacial score (nSPS) is 11.6. The van der Waals surface area contributed by atoms with E-state index in [1.165, 1.54) is 0 Å². The molecule has 17 heavy (non-hydrogen) atoms. The molecule has 0 aliphatic rings. The molecule has 90 valence electrons. The van der Waals surface area contributed by atoms with E-state index >= 15 is 0 Å². The Morgan fingerprint density at radius 3 is 2.41 bits per heavy atom. The van der Waals surface area contributed by atoms with Crippen LogP contribution in [0.2, 0.25) is 0 Å². The second kappa shape index (κ2) is 4.31. The molecular weight excluding hydrogens is 242 g/mol. The average molecular weight is 253 g/mol. The maximum Gasteiger partial charge on any atom is 0.370 e. The molecule has 0 unspecified atom stereocenters. The minimum absolute atomic E-state index is 0.332. The summed E-state index contributed by atoms with van der Waals surface area (Å²) in [5.74, 6) is 0.363. The van der Waals surface area contributed by atoms with Crippen molar-refractivity contribution >= 4 is 10.3 Å². The summed E-state index contributed by atoms with van der Waals surface area (Å²) >= 11 is 0. The van der Waals surface area contributed by atoms with E-state index in [0.717, 1.165) is 5.56 Å². The standard InChI is InChI=1S/C11H11NO4S/c1-2-10-8-11(9-6-4-3-5-7-9)16-12(10)17(13,14)15/h3-8H,2H2,1H3. The van der Waals surface area contributed by atoms with Crippen molar-refractivity contribution in [3.63, 3.8) is 0 Å². The largest absolute Gasteiger partial charge is 0.690 e. The first-order valence-corrected chi connectivity index (χ1v) is 6.46. The number of aromatic nitrogens is 1. The summed E-state index contributed by atoms with van der Waals surface area (Å²) in [6.07, 6.45) is 0.401. The van der Waals surface area contributed by atoms with Gasteiger partial charge in [0.1, 0.15) is 0 Å². The molecule has 1 aromatic heterocycles. The van der Waals surface area contributed by atoms with Crippen LogP contribution in [0.15, 0.2) is 40.9 Å². The van der Waals surface area contributed by atoms with Crippen LogP contribution < -0.4 is 4.15 Å². The van der Waals surface area contributed by atoms with Crippen molar-refractivity contribution in [3.8, 4) is 11.3 Å². The molecule has 0 N–H and O–H groups in total. The van der Waals surface area contributed by atoms with Crippen molar-refractivity contribution in [1.29, 1.82) is 0 Å². The molecule has 1 heterocycles. The van der Waals surface area contributed by atoms with Gasteiger partial charge < -0.3 is 4.55 Å². The van der Waals surface area contributed by atoms with E-state index in [-0.39, 0.29) is 0 Å². The topological polar surface area (TPSA) is 74.2 Å². The van der Waals surface area contributed by atoms with Gasteiger partial charge in [0.2, 0.25) is 5.76 Å². The van der Waals surface area contributed by atoms with Gasteiger partial charge in [0.15, 0.2) is 0 Å². The zero-order chi connectivity index (χ0) is 12.5. The summed E-state index contributed by atoms with van der Waals surface area (Å²) in [4.78, 5) is 0. The average Bonchev–Trinajstić information content (AvgIpc) is 2.74. The number of aryl methyl sites for hydroxylation is 1. The molecule has 0 saturated carbocycles. The van der Waals surface area contributed by atoms with E-state index in [1.54, 1.807) is 37.3 Å². The number of hydrogen-bond donors (Lipinski definition) is 0. The van der Waals surface area contributed by atoms with E-state index in [1.807, 2.05) is 6.07 Å². The molecule has 1 aromatic carbocycles. The van der Waals surface area contributed by atoms with Crippen molar-refractivity contribution in [2.75, 3.05) is 0 Å². The number of nitrogens with zero attached hydrogens (tertiary/aromatic N) is 1. The Labute approximate surface area is 99.2 Å². The lowest BCUT2D eigenvalue weighted by Gasteiger charge is -1.95. The Bertz CT molecular complexity index is 616. The first kappa shape index (κ1) is 11.8. The Morgan fingerprint density at radius 1 is 1.29 bits per heavy atom. The molecule has 0 saturated heterocycles. The molecule has 2 rings (SSSR count). The van der Waals surface area contributed by atoms with Crippen LogP contribution in [0.1, 0.15) is 12.6 Å². The van der Waals surface area contributed by atoms with Crippen LogP contribution in [-0.4, -0.2) is 13.0 Å². The lowest BCUT2D eigenvalue weighted by Crippen LogP contribution is -2.43. The highest BCUT2D eigenvalue weighted by atomic mass is 32.2. The van der Waals surface area contributed by atoms with Gasteiger partial charge in [-0.25, -0.2) is 4.52 Å². The summed E-state index contributed by atoms with van der Waals surface area (Å²) in [7, 11) is -4.63. The summed E-state index contributed by atoms with van der Waals surface area (Å²) in [5, 5.41) is 0. The summed E-state index contributed by atoms with van der Waals surface area (Å²) in [6.45, 7) is 1.75. The SMILES string of the molecule is CCc1cc(-c2ccccc2)o[n+]1S(=O)(=O)[O-]. The zero-order valence-corrected chi connectivity index (χ0v) is 9.98. The quantitative estimate of drug-likeness (QED) is 0.606. The van der Waals surface area contributed by atoms with Gasteiger partial charge in [0, 0.05) is 12.0 Å². The molecule has 5 nitrogen and oxygen atoms in total. The van der Waals surface area contributed by atoms with Crippen LogP contribution in [-0.2, 0) is 16.7 Å². The highest BCUT2D eigenvalue weighted by molar-refractivity contribution is 7.78. The third-order valence-electron chi connectivity index (χ3n) is 2.34. The van der Waals surface area contributed by atoms with E-state index in [0.29, 0.717) is 22.0 Å². The third kappa shape index (κ3) is 2.37. The van der Waals surface area contributed by atoms with Gasteiger partial charge in [0.05, 0.1) is 10.2 Å². The number of benzene rings is 1. The Kier molecular flexibility index (Phi) is 2.99. The van der Waals surface area contributed by atoms with Crippen LogP contribution in [0.25, 0.3) is 11.3 Å². The molecule has 6 heteroatoms. The summed E-state index contributed by atoms with van der Waals surface area (Å²) < 4.78 is 38.4. The molecule has 0 amide bonds. The molecule has 0 radical (unpaired) electrons. The monoisotopic (exact) mass is 253 g/mol. The first-order valence-electron chi connectivity index (χ1n) is 5.09. The number of rotatable bonds is 3. The Hall–Kier alpha value is -1.66. The fraction of sp³-hybridized carbons (Fsp3) is 0.182. The fourth-order valence-electron chi connectivity index (χ4n) is 1.54. The molecular formula is C11H11NO4S. The molecule has 0 fully saturated rings. The zero-order valence-electron chi connectivity index (χ0n) is 9.16. The van der Waals surface area contributed by atoms with Crippen LogP contribution >= 0.6 is 0 Å². The second-order valence-corrected chi connectivity index (χ2v) is 4.68. The van der Waals surface area contributed by atoms with Crippen molar-refractivity contribution in [3.05, 3.63) is 42.1 Å². The van der Waals surface area contributed by atoms with Crippen LogP contribution in [0.3, 0.4) is 0 Å². The van der Waals surface area contributed by atoms with Crippen LogP contribution in [0, 0.1) is 0 Å². The lowest BCUT2D eigenvalue weighted by molar-refractivity contribution is -0.724. The smallest absolute Gasteiger partial charge is 0.370 e. The third-order valence-corrected chi connectivity index (χ3v) is 3.05. The van der Waals surface area contributed by atoms with Crippen molar-refractivity contribution in [1.82, 2.24) is 0 Å². The lowest BCUT2D eigenvalue weighted by atomic mass is 10.1. The summed E-state index contributed by atoms with van der Waals surface area (Å²) in [5.41, 5.74) is 1.06. The van der Waals surface area contributed by atoms with Gasteiger partial charge in [-0.05, 0) is 0 Å². The van der Waals surface area contributed by atoms with Gasteiger partial charge in [-0.2, -0.15) is 8.42 Å². The van der Waals surface area contributed by atoms with E-state index in [4.69, 9.17) is 4.52 Å². The molecule has 2 aromatic rings. The fourth-order valence-corrected chi connectivity index (χ4v) is 2.18. The van der Waals surface area contributed by atoms with Crippen molar-refractivity contribution in [2.24, 2.45) is 0 Å². The molecule has 0 bridgehead atoms. The Balaban J connectivity index is 2.57. The van der Waals surface area contributed by atoms with Crippen molar-refractivity contribution in [2.45, 2.75) is 13.3 Å². The van der Waals surface area contributed by atoms with Gasteiger partial charge in [-0.15, -0.1) is 0 Å². The predicted octanol–water partition coefficient (Wildman–Crippen LogP) is 1.10. The Morgan fingerprint density at radius 2 is 1.94 bits per heavy atom. The van der Waals surface area contributed by atoms with E-state index < -0.39 is 10.3 Å². The van der Waals surface area contributed by atoms with Gasteiger partial charge in [-0.3, -0.25) is 0 Å². The van der Waals surface area contributed by atoms with E-state index in [9.17, 15) is 13.0 Å². The molecule has 0 aliphatic carbocycles. The predicted molar refractivity (Wildman–Crippen MR) is 58.8 cm³/mol. The van der Waals surface area contributed by atoms with E-state index in [2.05, 4.69) is 0 Å². The van der Waals surface area contributed by atoms with Crippen LogP contribution in [0.4, 0.5) is 0 Å². The first-order chi connectivity index (χ1) is 8.02. The summed E-state index contributed by atoms with van der Waals surface area (Å²) in [6, 6.07) is 10.6. The van der Waals surface area contributed by atoms with Gasteiger partial charge >= 0.3 is 10.3 Å². The maximum absolute atomic E-state index is 11.0. The minimum Gasteiger partial charge on any atom is -0.690 e. The molecule has 0 spiro atoms. The highest BCUT2D eigenvalue weighted by Gasteiger charge is 2.24. The van der Waals surface area contributed by atoms with Crippen molar-refractivity contribution < 1.29 is 21.6 Å². The molecule has 0 aliphatic heterocycles. The minimum atomic E-state index is -4.63.